The number of anilines is 2. The number of aromatic nitrogens is 2. The first kappa shape index (κ1) is 13.9. The molecule has 0 aromatic carbocycles. The standard InChI is InChI=1S/C16H18N4S/c1-20(12-6-4-8-18-10-12)16-13(15(17)21)9-11-5-2-3-7-14(11)19-16/h4,6,8-10H,2-3,5,7H2,1H3,(H2,17,21). The molecule has 2 N–H and O–H groups in total. The Morgan fingerprint density at radius 1 is 1.33 bits per heavy atom. The maximum Gasteiger partial charge on any atom is 0.143 e. The highest BCUT2D eigenvalue weighted by Gasteiger charge is 2.19. The minimum absolute atomic E-state index is 0.390. The molecule has 0 unspecified atom stereocenters. The first-order chi connectivity index (χ1) is 10.2. The number of nitrogens with zero attached hydrogens (tertiary/aromatic N) is 3. The van der Waals surface area contributed by atoms with E-state index in [2.05, 4.69) is 11.1 Å². The van der Waals surface area contributed by atoms with Gasteiger partial charge in [-0.25, -0.2) is 4.98 Å². The molecule has 0 bridgehead atoms. The van der Waals surface area contributed by atoms with Crippen molar-refractivity contribution in [2.24, 2.45) is 5.73 Å². The van der Waals surface area contributed by atoms with E-state index < -0.39 is 0 Å². The summed E-state index contributed by atoms with van der Waals surface area (Å²) in [6.45, 7) is 0. The molecule has 1 aliphatic carbocycles. The van der Waals surface area contributed by atoms with Gasteiger partial charge in [0.1, 0.15) is 10.8 Å². The maximum absolute atomic E-state index is 5.91. The number of hydrogen-bond donors (Lipinski definition) is 1. The van der Waals surface area contributed by atoms with Crippen molar-refractivity contribution in [2.75, 3.05) is 11.9 Å². The average molecular weight is 298 g/mol. The monoisotopic (exact) mass is 298 g/mol. The summed E-state index contributed by atoms with van der Waals surface area (Å²) in [6.07, 6.45) is 8.07. The van der Waals surface area contributed by atoms with Crippen LogP contribution in [0.5, 0.6) is 0 Å². The minimum Gasteiger partial charge on any atom is -0.389 e. The molecule has 0 aliphatic heterocycles. The molecule has 0 saturated carbocycles. The molecular formula is C16H18N4S. The highest BCUT2D eigenvalue weighted by molar-refractivity contribution is 7.80. The highest BCUT2D eigenvalue weighted by Crippen LogP contribution is 2.29. The maximum atomic E-state index is 5.91. The molecule has 0 saturated heterocycles. The minimum atomic E-state index is 0.390. The number of fused-ring (bicyclic) bond motifs is 1. The quantitative estimate of drug-likeness (QED) is 0.883. The van der Waals surface area contributed by atoms with Crippen LogP contribution in [0.25, 0.3) is 0 Å². The van der Waals surface area contributed by atoms with Gasteiger partial charge >= 0.3 is 0 Å². The van der Waals surface area contributed by atoms with Gasteiger partial charge in [-0.1, -0.05) is 12.2 Å². The van der Waals surface area contributed by atoms with E-state index >= 15 is 0 Å². The lowest BCUT2D eigenvalue weighted by Gasteiger charge is -2.24. The fourth-order valence-corrected chi connectivity index (χ4v) is 2.88. The van der Waals surface area contributed by atoms with Gasteiger partial charge in [0.15, 0.2) is 0 Å². The largest absolute Gasteiger partial charge is 0.389 e. The van der Waals surface area contributed by atoms with Crippen molar-refractivity contribution in [2.45, 2.75) is 25.7 Å². The van der Waals surface area contributed by atoms with Crippen LogP contribution in [0.4, 0.5) is 11.5 Å². The molecule has 1 aliphatic rings. The summed E-state index contributed by atoms with van der Waals surface area (Å²) in [5, 5.41) is 0. The van der Waals surface area contributed by atoms with Crippen molar-refractivity contribution < 1.29 is 0 Å². The summed E-state index contributed by atoms with van der Waals surface area (Å²) in [6, 6.07) is 6.02. The molecule has 2 aromatic heterocycles. The normalized spacial score (nSPS) is 13.6. The molecule has 108 valence electrons. The van der Waals surface area contributed by atoms with Gasteiger partial charge < -0.3 is 10.6 Å². The first-order valence-electron chi connectivity index (χ1n) is 7.13. The summed E-state index contributed by atoms with van der Waals surface area (Å²) < 4.78 is 0. The predicted octanol–water partition coefficient (Wildman–Crippen LogP) is 2.76. The van der Waals surface area contributed by atoms with Crippen molar-refractivity contribution in [3.63, 3.8) is 0 Å². The highest BCUT2D eigenvalue weighted by atomic mass is 32.1. The smallest absolute Gasteiger partial charge is 0.143 e. The Kier molecular flexibility index (Phi) is 3.84. The fraction of sp³-hybridized carbons (Fsp3) is 0.312. The number of hydrogen-bond acceptors (Lipinski definition) is 4. The third-order valence-corrected chi connectivity index (χ3v) is 4.12. The molecule has 2 aromatic rings. The summed E-state index contributed by atoms with van der Waals surface area (Å²) in [5.41, 5.74) is 10.2. The van der Waals surface area contributed by atoms with Gasteiger partial charge in [0.2, 0.25) is 0 Å². The molecule has 2 heterocycles. The van der Waals surface area contributed by atoms with Crippen molar-refractivity contribution in [1.29, 1.82) is 0 Å². The Hall–Kier alpha value is -2.01. The third-order valence-electron chi connectivity index (χ3n) is 3.90. The van der Waals surface area contributed by atoms with Crippen LogP contribution in [0.3, 0.4) is 0 Å². The number of thiocarbonyl (C=S) groups is 1. The Morgan fingerprint density at radius 3 is 2.86 bits per heavy atom. The fourth-order valence-electron chi connectivity index (χ4n) is 2.73. The van der Waals surface area contributed by atoms with E-state index in [1.54, 1.807) is 6.20 Å². The molecule has 3 rings (SSSR count). The topological polar surface area (TPSA) is 55.0 Å². The molecule has 5 heteroatoms. The lowest BCUT2D eigenvalue weighted by atomic mass is 9.94. The van der Waals surface area contributed by atoms with Crippen molar-refractivity contribution in [3.05, 3.63) is 47.4 Å². The average Bonchev–Trinajstić information content (AvgIpc) is 2.53. The van der Waals surface area contributed by atoms with Crippen LogP contribution >= 0.6 is 12.2 Å². The molecule has 4 nitrogen and oxygen atoms in total. The van der Waals surface area contributed by atoms with Gasteiger partial charge in [-0.2, -0.15) is 0 Å². The van der Waals surface area contributed by atoms with Crippen LogP contribution in [0.2, 0.25) is 0 Å². The van der Waals surface area contributed by atoms with E-state index in [0.717, 1.165) is 29.9 Å². The molecular weight excluding hydrogens is 280 g/mol. The second kappa shape index (κ2) is 5.77. The summed E-state index contributed by atoms with van der Waals surface area (Å²) >= 11 is 5.22. The van der Waals surface area contributed by atoms with Crippen LogP contribution in [-0.2, 0) is 12.8 Å². The molecule has 0 atom stereocenters. The van der Waals surface area contributed by atoms with Crippen molar-refractivity contribution in [1.82, 2.24) is 9.97 Å². The number of rotatable bonds is 3. The first-order valence-corrected chi connectivity index (χ1v) is 7.54. The number of pyridine rings is 2. The van der Waals surface area contributed by atoms with Crippen molar-refractivity contribution >= 4 is 28.7 Å². The molecule has 0 radical (unpaired) electrons. The Morgan fingerprint density at radius 2 is 2.14 bits per heavy atom. The second-order valence-corrected chi connectivity index (χ2v) is 5.75. The van der Waals surface area contributed by atoms with Gasteiger partial charge in [0.05, 0.1) is 17.4 Å². The van der Waals surface area contributed by atoms with E-state index in [1.807, 2.05) is 30.3 Å². The Labute approximate surface area is 130 Å². The second-order valence-electron chi connectivity index (χ2n) is 5.31. The molecule has 0 spiro atoms. The zero-order chi connectivity index (χ0) is 14.8. The zero-order valence-electron chi connectivity index (χ0n) is 12.0. The Bertz CT molecular complexity index is 669. The summed E-state index contributed by atoms with van der Waals surface area (Å²) in [7, 11) is 1.97. The lowest BCUT2D eigenvalue weighted by Crippen LogP contribution is -2.21. The third kappa shape index (κ3) is 2.74. The predicted molar refractivity (Wildman–Crippen MR) is 89.1 cm³/mol. The van der Waals surface area contributed by atoms with Crippen LogP contribution in [0, 0.1) is 0 Å². The number of nitrogens with two attached hydrogens (primary N) is 1. The van der Waals surface area contributed by atoms with E-state index in [1.165, 1.54) is 24.1 Å². The lowest BCUT2D eigenvalue weighted by molar-refractivity contribution is 0.667. The van der Waals surface area contributed by atoms with Crippen LogP contribution < -0.4 is 10.6 Å². The van der Waals surface area contributed by atoms with Crippen LogP contribution in [-0.4, -0.2) is 22.0 Å². The van der Waals surface area contributed by atoms with E-state index in [-0.39, 0.29) is 0 Å². The molecule has 0 amide bonds. The van der Waals surface area contributed by atoms with E-state index in [9.17, 15) is 0 Å². The molecule has 0 fully saturated rings. The van der Waals surface area contributed by atoms with Crippen LogP contribution in [0.15, 0.2) is 30.6 Å². The van der Waals surface area contributed by atoms with Crippen molar-refractivity contribution in [3.8, 4) is 0 Å². The summed E-state index contributed by atoms with van der Waals surface area (Å²) in [5.74, 6) is 0.816. The Balaban J connectivity index is 2.10. The van der Waals surface area contributed by atoms with Gasteiger partial charge in [-0.05, 0) is 49.4 Å². The van der Waals surface area contributed by atoms with E-state index in [4.69, 9.17) is 22.9 Å². The van der Waals surface area contributed by atoms with E-state index in [0.29, 0.717) is 4.99 Å². The molecule has 21 heavy (non-hydrogen) atoms. The van der Waals surface area contributed by atoms with Gasteiger partial charge in [-0.15, -0.1) is 0 Å². The van der Waals surface area contributed by atoms with Crippen LogP contribution in [0.1, 0.15) is 29.7 Å². The summed E-state index contributed by atoms with van der Waals surface area (Å²) in [4.78, 5) is 11.4. The number of aryl methyl sites for hydroxylation is 2. The van der Waals surface area contributed by atoms with Gasteiger partial charge in [0.25, 0.3) is 0 Å². The zero-order valence-corrected chi connectivity index (χ0v) is 12.9. The SMILES string of the molecule is CN(c1cccnc1)c1nc2c(cc1C(N)=S)CCCC2. The van der Waals surface area contributed by atoms with Gasteiger partial charge in [0, 0.05) is 18.9 Å². The van der Waals surface area contributed by atoms with Gasteiger partial charge in [-0.3, -0.25) is 4.98 Å².